The molecule has 2 nitrogen and oxygen atoms in total. The van der Waals surface area contributed by atoms with Crippen LogP contribution >= 0.6 is 0 Å². The highest BCUT2D eigenvalue weighted by atomic mass is 14.8. The second-order valence-corrected chi connectivity index (χ2v) is 2.27. The highest BCUT2D eigenvalue weighted by molar-refractivity contribution is 5.58. The van der Waals surface area contributed by atoms with Gasteiger partial charge in [0.15, 0.2) is 0 Å². The van der Waals surface area contributed by atoms with Crippen LogP contribution in [0.1, 0.15) is 18.3 Å². The van der Waals surface area contributed by atoms with E-state index in [1.165, 1.54) is 0 Å². The maximum Gasteiger partial charge on any atom is 0.0865 e. The van der Waals surface area contributed by atoms with Gasteiger partial charge in [-0.1, -0.05) is 6.58 Å². The topological polar surface area (TPSA) is 25.8 Å². The van der Waals surface area contributed by atoms with Crippen molar-refractivity contribution in [2.24, 2.45) is 0 Å². The Labute approximate surface area is 60.6 Å². The van der Waals surface area contributed by atoms with Gasteiger partial charge in [-0.25, -0.2) is 0 Å². The summed E-state index contributed by atoms with van der Waals surface area (Å²) < 4.78 is 0. The maximum absolute atomic E-state index is 4.12. The molecule has 0 atom stereocenters. The SMILES string of the molecule is C=C(C)c1nccnc1C. The summed E-state index contributed by atoms with van der Waals surface area (Å²) in [5.74, 6) is 0. The summed E-state index contributed by atoms with van der Waals surface area (Å²) in [6.07, 6.45) is 3.36. The fourth-order valence-electron chi connectivity index (χ4n) is 0.827. The third kappa shape index (κ3) is 1.21. The van der Waals surface area contributed by atoms with Gasteiger partial charge in [0.1, 0.15) is 0 Å². The quantitative estimate of drug-likeness (QED) is 0.585. The molecule has 1 aromatic heterocycles. The first-order valence-electron chi connectivity index (χ1n) is 3.15. The van der Waals surface area contributed by atoms with Crippen molar-refractivity contribution in [3.05, 3.63) is 30.4 Å². The molecule has 0 aliphatic rings. The van der Waals surface area contributed by atoms with Gasteiger partial charge in [0.05, 0.1) is 11.4 Å². The lowest BCUT2D eigenvalue weighted by Crippen LogP contribution is -1.91. The molecule has 52 valence electrons. The van der Waals surface area contributed by atoms with Gasteiger partial charge in [0.25, 0.3) is 0 Å². The Morgan fingerprint density at radius 3 is 2.40 bits per heavy atom. The van der Waals surface area contributed by atoms with Crippen molar-refractivity contribution in [2.75, 3.05) is 0 Å². The van der Waals surface area contributed by atoms with Crippen LogP contribution in [0.5, 0.6) is 0 Å². The molecule has 0 aliphatic heterocycles. The van der Waals surface area contributed by atoms with Gasteiger partial charge in [-0.3, -0.25) is 9.97 Å². The molecular formula is C8H10N2. The van der Waals surface area contributed by atoms with Crippen LogP contribution < -0.4 is 0 Å². The Morgan fingerprint density at radius 2 is 2.00 bits per heavy atom. The van der Waals surface area contributed by atoms with Crippen molar-refractivity contribution in [2.45, 2.75) is 13.8 Å². The number of aryl methyl sites for hydroxylation is 1. The van der Waals surface area contributed by atoms with E-state index in [2.05, 4.69) is 16.5 Å². The minimum absolute atomic E-state index is 0.905. The molecule has 0 saturated carbocycles. The van der Waals surface area contributed by atoms with Gasteiger partial charge in [-0.05, 0) is 19.4 Å². The Bertz CT molecular complexity index is 253. The second kappa shape index (κ2) is 2.60. The fourth-order valence-corrected chi connectivity index (χ4v) is 0.827. The minimum atomic E-state index is 0.905. The number of hydrogen-bond donors (Lipinski definition) is 0. The van der Waals surface area contributed by atoms with Crippen molar-refractivity contribution in [3.8, 4) is 0 Å². The van der Waals surface area contributed by atoms with E-state index in [9.17, 15) is 0 Å². The molecule has 0 amide bonds. The van der Waals surface area contributed by atoms with Gasteiger partial charge < -0.3 is 0 Å². The fraction of sp³-hybridized carbons (Fsp3) is 0.250. The molecule has 0 radical (unpaired) electrons. The summed E-state index contributed by atoms with van der Waals surface area (Å²) in [4.78, 5) is 8.19. The minimum Gasteiger partial charge on any atom is -0.258 e. The number of nitrogens with zero attached hydrogens (tertiary/aromatic N) is 2. The number of allylic oxidation sites excluding steroid dienone is 1. The Morgan fingerprint density at radius 1 is 1.40 bits per heavy atom. The molecular weight excluding hydrogens is 124 g/mol. The van der Waals surface area contributed by atoms with Crippen molar-refractivity contribution in [1.82, 2.24) is 9.97 Å². The molecule has 2 heteroatoms. The predicted octanol–water partition coefficient (Wildman–Crippen LogP) is 1.82. The zero-order valence-corrected chi connectivity index (χ0v) is 6.26. The summed E-state index contributed by atoms with van der Waals surface area (Å²) in [5.41, 5.74) is 2.81. The largest absolute Gasteiger partial charge is 0.258 e. The molecule has 10 heavy (non-hydrogen) atoms. The van der Waals surface area contributed by atoms with E-state index in [-0.39, 0.29) is 0 Å². The smallest absolute Gasteiger partial charge is 0.0865 e. The molecule has 0 unspecified atom stereocenters. The van der Waals surface area contributed by atoms with Crippen LogP contribution in [0.3, 0.4) is 0 Å². The third-order valence-corrected chi connectivity index (χ3v) is 1.29. The predicted molar refractivity (Wildman–Crippen MR) is 41.5 cm³/mol. The average Bonchev–Trinajstić information content (AvgIpc) is 1.88. The lowest BCUT2D eigenvalue weighted by Gasteiger charge is -1.99. The second-order valence-electron chi connectivity index (χ2n) is 2.27. The summed E-state index contributed by atoms with van der Waals surface area (Å²) in [5, 5.41) is 0. The van der Waals surface area contributed by atoms with Crippen LogP contribution in [0.2, 0.25) is 0 Å². The van der Waals surface area contributed by atoms with Crippen molar-refractivity contribution >= 4 is 5.57 Å². The lowest BCUT2D eigenvalue weighted by atomic mass is 10.2. The van der Waals surface area contributed by atoms with Crippen LogP contribution in [0.4, 0.5) is 0 Å². The highest BCUT2D eigenvalue weighted by Gasteiger charge is 1.97. The maximum atomic E-state index is 4.12. The molecule has 0 aromatic carbocycles. The summed E-state index contributed by atoms with van der Waals surface area (Å²) in [6, 6.07) is 0. The van der Waals surface area contributed by atoms with Gasteiger partial charge in [0.2, 0.25) is 0 Å². The Hall–Kier alpha value is -1.18. The van der Waals surface area contributed by atoms with Gasteiger partial charge in [-0.2, -0.15) is 0 Å². The molecule has 1 rings (SSSR count). The monoisotopic (exact) mass is 134 g/mol. The average molecular weight is 134 g/mol. The summed E-state index contributed by atoms with van der Waals surface area (Å²) >= 11 is 0. The first-order chi connectivity index (χ1) is 4.72. The first kappa shape index (κ1) is 6.93. The molecule has 0 spiro atoms. The van der Waals surface area contributed by atoms with Crippen LogP contribution in [0, 0.1) is 6.92 Å². The highest BCUT2D eigenvalue weighted by Crippen LogP contribution is 2.09. The van der Waals surface area contributed by atoms with Crippen LogP contribution in [0.25, 0.3) is 5.57 Å². The van der Waals surface area contributed by atoms with E-state index in [1.807, 2.05) is 13.8 Å². The van der Waals surface area contributed by atoms with Gasteiger partial charge in [0, 0.05) is 12.4 Å². The zero-order chi connectivity index (χ0) is 7.56. The first-order valence-corrected chi connectivity index (χ1v) is 3.15. The van der Waals surface area contributed by atoms with Crippen LogP contribution in [-0.2, 0) is 0 Å². The van der Waals surface area contributed by atoms with Crippen LogP contribution in [0.15, 0.2) is 19.0 Å². The van der Waals surface area contributed by atoms with E-state index in [4.69, 9.17) is 0 Å². The van der Waals surface area contributed by atoms with Gasteiger partial charge >= 0.3 is 0 Å². The van der Waals surface area contributed by atoms with E-state index >= 15 is 0 Å². The lowest BCUT2D eigenvalue weighted by molar-refractivity contribution is 1.09. The molecule has 0 N–H and O–H groups in total. The molecule has 0 bridgehead atoms. The zero-order valence-electron chi connectivity index (χ0n) is 6.26. The van der Waals surface area contributed by atoms with E-state index < -0.39 is 0 Å². The molecule has 0 aliphatic carbocycles. The third-order valence-electron chi connectivity index (χ3n) is 1.29. The van der Waals surface area contributed by atoms with Crippen molar-refractivity contribution in [1.29, 1.82) is 0 Å². The summed E-state index contributed by atoms with van der Waals surface area (Å²) in [7, 11) is 0. The van der Waals surface area contributed by atoms with Crippen LogP contribution in [-0.4, -0.2) is 9.97 Å². The van der Waals surface area contributed by atoms with E-state index in [0.717, 1.165) is 17.0 Å². The molecule has 1 aromatic rings. The Kier molecular flexibility index (Phi) is 1.81. The number of hydrogen-bond acceptors (Lipinski definition) is 2. The normalized spacial score (nSPS) is 9.40. The van der Waals surface area contributed by atoms with Crippen molar-refractivity contribution < 1.29 is 0 Å². The molecule has 1 heterocycles. The standard InChI is InChI=1S/C8H10N2/c1-6(2)8-7(3)9-4-5-10-8/h4-5H,1H2,2-3H3. The number of rotatable bonds is 1. The van der Waals surface area contributed by atoms with E-state index in [0.29, 0.717) is 0 Å². The van der Waals surface area contributed by atoms with Gasteiger partial charge in [-0.15, -0.1) is 0 Å². The van der Waals surface area contributed by atoms with Crippen molar-refractivity contribution in [3.63, 3.8) is 0 Å². The number of aromatic nitrogens is 2. The molecule has 0 fully saturated rings. The van der Waals surface area contributed by atoms with E-state index in [1.54, 1.807) is 12.4 Å². The summed E-state index contributed by atoms with van der Waals surface area (Å²) in [6.45, 7) is 7.64. The molecule has 0 saturated heterocycles. The Balaban J connectivity index is 3.15.